The minimum absolute atomic E-state index is 0.0217. The van der Waals surface area contributed by atoms with Crippen LogP contribution in [0.5, 0.6) is 0 Å². The van der Waals surface area contributed by atoms with Crippen molar-refractivity contribution in [3.05, 3.63) is 73.1 Å². The number of nitro benzene ring substituents is 1. The van der Waals surface area contributed by atoms with Crippen LogP contribution in [-0.4, -0.2) is 16.0 Å². The van der Waals surface area contributed by atoms with E-state index in [1.165, 1.54) is 17.8 Å². The average molecular weight is 388 g/mol. The van der Waals surface area contributed by atoms with E-state index in [2.05, 4.69) is 10.3 Å². The smallest absolute Gasteiger partial charge is 0.272 e. The van der Waals surface area contributed by atoms with Crippen molar-refractivity contribution in [2.45, 2.75) is 13.8 Å². The second-order valence-electron chi connectivity index (χ2n) is 5.72. The van der Waals surface area contributed by atoms with Crippen molar-refractivity contribution < 1.29 is 9.72 Å². The maximum absolute atomic E-state index is 12.2. The van der Waals surface area contributed by atoms with Gasteiger partial charge in [-0.1, -0.05) is 23.7 Å². The Bertz CT molecular complexity index is 986. The Morgan fingerprint density at radius 2 is 1.96 bits per heavy atom. The van der Waals surface area contributed by atoms with Crippen LogP contribution in [0.25, 0.3) is 6.08 Å². The van der Waals surface area contributed by atoms with E-state index in [1.807, 2.05) is 6.92 Å². The topological polar surface area (TPSA) is 84.6 Å². The van der Waals surface area contributed by atoms with Crippen molar-refractivity contribution in [3.8, 4) is 0 Å². The summed E-state index contributed by atoms with van der Waals surface area (Å²) in [5.41, 5.74) is 2.79. The van der Waals surface area contributed by atoms with Gasteiger partial charge in [-0.2, -0.15) is 0 Å². The fourth-order valence-corrected chi connectivity index (χ4v) is 3.46. The van der Waals surface area contributed by atoms with Crippen LogP contribution in [0, 0.1) is 24.0 Å². The van der Waals surface area contributed by atoms with Gasteiger partial charge in [0.05, 0.1) is 15.5 Å². The summed E-state index contributed by atoms with van der Waals surface area (Å²) < 4.78 is 0. The molecule has 0 aliphatic carbocycles. The standard InChI is InChI=1S/C18H14ClN3O3S/c1-10-3-4-12(8-15(10)22(24)25)9-16-17(23)21-18(26-16)20-14-6-5-13(19)7-11(14)2/h3-9H,1-2H3,(H,20,21,23)/b16-9-. The zero-order chi connectivity index (χ0) is 18.8. The molecule has 1 N–H and O–H groups in total. The number of nitro groups is 1. The largest absolute Gasteiger partial charge is 0.300 e. The van der Waals surface area contributed by atoms with Gasteiger partial charge in [0.1, 0.15) is 0 Å². The molecule has 1 fully saturated rings. The molecular formula is C18H14ClN3O3S. The highest BCUT2D eigenvalue weighted by Crippen LogP contribution is 2.30. The van der Waals surface area contributed by atoms with Crippen LogP contribution in [0.2, 0.25) is 5.02 Å². The molecule has 0 bridgehead atoms. The predicted molar refractivity (Wildman–Crippen MR) is 105 cm³/mol. The average Bonchev–Trinajstić information content (AvgIpc) is 2.91. The molecule has 132 valence electrons. The third-order valence-corrected chi connectivity index (χ3v) is 4.90. The van der Waals surface area contributed by atoms with Crippen LogP contribution < -0.4 is 5.32 Å². The first-order valence-corrected chi connectivity index (χ1v) is 8.84. The number of aryl methyl sites for hydroxylation is 2. The lowest BCUT2D eigenvalue weighted by molar-refractivity contribution is -0.385. The summed E-state index contributed by atoms with van der Waals surface area (Å²) in [5, 5.41) is 14.8. The van der Waals surface area contributed by atoms with Gasteiger partial charge in [0, 0.05) is 16.7 Å². The minimum Gasteiger partial charge on any atom is -0.300 e. The van der Waals surface area contributed by atoms with Gasteiger partial charge in [-0.3, -0.25) is 14.9 Å². The number of thioether (sulfide) groups is 1. The summed E-state index contributed by atoms with van der Waals surface area (Å²) >= 11 is 7.12. The van der Waals surface area contributed by atoms with Gasteiger partial charge in [-0.25, -0.2) is 4.99 Å². The third-order valence-electron chi connectivity index (χ3n) is 3.76. The van der Waals surface area contributed by atoms with E-state index in [0.29, 0.717) is 31.9 Å². The number of amidine groups is 1. The zero-order valence-corrected chi connectivity index (χ0v) is 15.5. The molecule has 1 aliphatic rings. The highest BCUT2D eigenvalue weighted by molar-refractivity contribution is 8.18. The zero-order valence-electron chi connectivity index (χ0n) is 13.9. The lowest BCUT2D eigenvalue weighted by atomic mass is 10.1. The van der Waals surface area contributed by atoms with Crippen molar-refractivity contribution in [1.82, 2.24) is 5.32 Å². The van der Waals surface area contributed by atoms with Crippen molar-refractivity contribution in [2.24, 2.45) is 4.99 Å². The summed E-state index contributed by atoms with van der Waals surface area (Å²) in [7, 11) is 0. The maximum Gasteiger partial charge on any atom is 0.272 e. The first-order chi connectivity index (χ1) is 12.3. The Kier molecular flexibility index (Phi) is 5.11. The molecule has 6 nitrogen and oxygen atoms in total. The summed E-state index contributed by atoms with van der Waals surface area (Å²) in [6, 6.07) is 10.2. The van der Waals surface area contributed by atoms with Crippen LogP contribution in [0.1, 0.15) is 16.7 Å². The Hall–Kier alpha value is -2.64. The Balaban J connectivity index is 1.88. The number of hydrogen-bond donors (Lipinski definition) is 1. The van der Waals surface area contributed by atoms with Crippen molar-refractivity contribution >= 4 is 51.9 Å². The van der Waals surface area contributed by atoms with Crippen LogP contribution in [0.3, 0.4) is 0 Å². The van der Waals surface area contributed by atoms with E-state index in [0.717, 1.165) is 5.56 Å². The third kappa shape index (κ3) is 3.95. The van der Waals surface area contributed by atoms with Crippen LogP contribution in [0.15, 0.2) is 46.3 Å². The lowest BCUT2D eigenvalue weighted by Gasteiger charge is -2.01. The number of carbonyl (C=O) groups is 1. The SMILES string of the molecule is Cc1cc(Cl)ccc1N=C1NC(=O)/C(=C/c2ccc(C)c([N+](=O)[O-])c2)S1. The van der Waals surface area contributed by atoms with Gasteiger partial charge < -0.3 is 5.32 Å². The number of aliphatic imine (C=N–C) groups is 1. The number of nitrogens with one attached hydrogen (secondary N) is 1. The molecule has 1 heterocycles. The Labute approximate surface area is 159 Å². The highest BCUT2D eigenvalue weighted by atomic mass is 35.5. The fourth-order valence-electron chi connectivity index (χ4n) is 2.40. The number of hydrogen-bond acceptors (Lipinski definition) is 5. The van der Waals surface area contributed by atoms with Crippen LogP contribution in [0.4, 0.5) is 11.4 Å². The van der Waals surface area contributed by atoms with Crippen LogP contribution in [-0.2, 0) is 4.79 Å². The molecule has 8 heteroatoms. The maximum atomic E-state index is 12.2. The molecule has 0 aromatic heterocycles. The summed E-state index contributed by atoms with van der Waals surface area (Å²) in [6.45, 7) is 3.56. The van der Waals surface area contributed by atoms with Crippen molar-refractivity contribution in [2.75, 3.05) is 0 Å². The molecule has 2 aromatic carbocycles. The van der Waals surface area contributed by atoms with E-state index in [9.17, 15) is 14.9 Å². The van der Waals surface area contributed by atoms with E-state index < -0.39 is 4.92 Å². The van der Waals surface area contributed by atoms with Gasteiger partial charge in [0.15, 0.2) is 5.17 Å². The fraction of sp³-hybridized carbons (Fsp3) is 0.111. The number of carbonyl (C=O) groups excluding carboxylic acids is 1. The first kappa shape index (κ1) is 18.2. The van der Waals surface area contributed by atoms with Gasteiger partial charge in [-0.05, 0) is 61.0 Å². The number of rotatable bonds is 3. The lowest BCUT2D eigenvalue weighted by Crippen LogP contribution is -2.19. The normalized spacial score (nSPS) is 17.0. The van der Waals surface area contributed by atoms with Gasteiger partial charge in [0.25, 0.3) is 11.6 Å². The number of nitrogens with zero attached hydrogens (tertiary/aromatic N) is 2. The summed E-state index contributed by atoms with van der Waals surface area (Å²) in [5.74, 6) is -0.288. The quantitative estimate of drug-likeness (QED) is 0.467. The molecule has 0 radical (unpaired) electrons. The van der Waals surface area contributed by atoms with Crippen LogP contribution >= 0.6 is 23.4 Å². The second-order valence-corrected chi connectivity index (χ2v) is 7.18. The molecule has 1 amide bonds. The van der Waals surface area contributed by atoms with Gasteiger partial charge in [-0.15, -0.1) is 0 Å². The number of halogens is 1. The van der Waals surface area contributed by atoms with E-state index in [-0.39, 0.29) is 11.6 Å². The monoisotopic (exact) mass is 387 g/mol. The molecule has 0 unspecified atom stereocenters. The van der Waals surface area contributed by atoms with E-state index in [1.54, 1.807) is 43.3 Å². The highest BCUT2D eigenvalue weighted by Gasteiger charge is 2.24. The van der Waals surface area contributed by atoms with E-state index >= 15 is 0 Å². The Morgan fingerprint density at radius 3 is 2.65 bits per heavy atom. The van der Waals surface area contributed by atoms with Crippen molar-refractivity contribution in [3.63, 3.8) is 0 Å². The minimum atomic E-state index is -0.435. The molecule has 1 aliphatic heterocycles. The Morgan fingerprint density at radius 1 is 1.19 bits per heavy atom. The molecule has 1 saturated heterocycles. The first-order valence-electron chi connectivity index (χ1n) is 7.64. The number of amides is 1. The molecule has 3 rings (SSSR count). The van der Waals surface area contributed by atoms with Gasteiger partial charge in [0.2, 0.25) is 0 Å². The molecule has 0 saturated carbocycles. The molecule has 0 atom stereocenters. The second kappa shape index (κ2) is 7.31. The van der Waals surface area contributed by atoms with E-state index in [4.69, 9.17) is 11.6 Å². The molecule has 2 aromatic rings. The van der Waals surface area contributed by atoms with Gasteiger partial charge >= 0.3 is 0 Å². The molecule has 26 heavy (non-hydrogen) atoms. The van der Waals surface area contributed by atoms with Crippen molar-refractivity contribution in [1.29, 1.82) is 0 Å². The predicted octanol–water partition coefficient (Wildman–Crippen LogP) is 4.76. The summed E-state index contributed by atoms with van der Waals surface area (Å²) in [4.78, 5) is 27.7. The summed E-state index contributed by atoms with van der Waals surface area (Å²) in [6.07, 6.45) is 1.61. The molecule has 0 spiro atoms. The number of benzene rings is 2. The molecular weight excluding hydrogens is 374 g/mol.